The standard InChI is InChI=1S/C9H12BrN/c1-2-3-4-5-9(8-11)6-7-10/h3-5H,2,6-7H2,1H3/b4-3-,9-5+. The highest BCUT2D eigenvalue weighted by molar-refractivity contribution is 9.09. The molecular formula is C9H12BrN. The molecule has 0 fully saturated rings. The number of rotatable bonds is 4. The first kappa shape index (κ1) is 10.4. The first-order valence-electron chi connectivity index (χ1n) is 3.67. The molecule has 0 aliphatic rings. The van der Waals surface area contributed by atoms with E-state index in [1.807, 2.05) is 18.2 Å². The summed E-state index contributed by atoms with van der Waals surface area (Å²) in [5.74, 6) is 0. The number of alkyl halides is 1. The van der Waals surface area contributed by atoms with Crippen LogP contribution in [0.25, 0.3) is 0 Å². The summed E-state index contributed by atoms with van der Waals surface area (Å²) in [4.78, 5) is 0. The number of allylic oxidation sites excluding steroid dienone is 4. The van der Waals surface area contributed by atoms with E-state index < -0.39 is 0 Å². The molecule has 0 amide bonds. The van der Waals surface area contributed by atoms with Crippen LogP contribution in [-0.2, 0) is 0 Å². The third-order valence-electron chi connectivity index (χ3n) is 1.18. The van der Waals surface area contributed by atoms with Gasteiger partial charge in [0.05, 0.1) is 6.07 Å². The zero-order valence-corrected chi connectivity index (χ0v) is 8.26. The number of hydrogen-bond acceptors (Lipinski definition) is 1. The van der Waals surface area contributed by atoms with Crippen LogP contribution in [0.1, 0.15) is 19.8 Å². The van der Waals surface area contributed by atoms with E-state index in [4.69, 9.17) is 5.26 Å². The summed E-state index contributed by atoms with van der Waals surface area (Å²) < 4.78 is 0. The molecule has 60 valence electrons. The smallest absolute Gasteiger partial charge is 0.0947 e. The van der Waals surface area contributed by atoms with E-state index in [0.29, 0.717) is 0 Å². The normalized spacial score (nSPS) is 11.9. The quantitative estimate of drug-likeness (QED) is 0.400. The zero-order chi connectivity index (χ0) is 8.53. The van der Waals surface area contributed by atoms with Crippen molar-refractivity contribution in [3.05, 3.63) is 23.8 Å². The fourth-order valence-electron chi connectivity index (χ4n) is 0.599. The molecule has 0 bridgehead atoms. The highest BCUT2D eigenvalue weighted by Crippen LogP contribution is 2.02. The van der Waals surface area contributed by atoms with E-state index >= 15 is 0 Å². The lowest BCUT2D eigenvalue weighted by Gasteiger charge is -1.88. The van der Waals surface area contributed by atoms with Gasteiger partial charge >= 0.3 is 0 Å². The number of nitrogens with zero attached hydrogens (tertiary/aromatic N) is 1. The molecule has 0 aliphatic heterocycles. The minimum absolute atomic E-state index is 0.810. The summed E-state index contributed by atoms with van der Waals surface area (Å²) in [5.41, 5.74) is 0.826. The van der Waals surface area contributed by atoms with Gasteiger partial charge in [0.25, 0.3) is 0 Å². The van der Waals surface area contributed by atoms with Gasteiger partial charge in [-0.1, -0.05) is 35.0 Å². The molecular weight excluding hydrogens is 202 g/mol. The third kappa shape index (κ3) is 5.87. The molecule has 0 aromatic heterocycles. The molecule has 0 spiro atoms. The molecule has 0 heterocycles. The minimum atomic E-state index is 0.810. The van der Waals surface area contributed by atoms with Crippen LogP contribution in [0, 0.1) is 11.3 Å². The Balaban J connectivity index is 3.93. The fourth-order valence-corrected chi connectivity index (χ4v) is 1.03. The van der Waals surface area contributed by atoms with Crippen molar-refractivity contribution in [2.45, 2.75) is 19.8 Å². The lowest BCUT2D eigenvalue weighted by atomic mass is 10.2. The van der Waals surface area contributed by atoms with Crippen LogP contribution in [0.3, 0.4) is 0 Å². The molecule has 0 N–H and O–H groups in total. The van der Waals surface area contributed by atoms with Gasteiger partial charge in [-0.3, -0.25) is 0 Å². The molecule has 2 heteroatoms. The molecule has 0 aromatic rings. The van der Waals surface area contributed by atoms with Gasteiger partial charge in [0.15, 0.2) is 0 Å². The fraction of sp³-hybridized carbons (Fsp3) is 0.444. The van der Waals surface area contributed by atoms with Crippen molar-refractivity contribution in [1.29, 1.82) is 5.26 Å². The second kappa shape index (κ2) is 7.56. The van der Waals surface area contributed by atoms with Crippen LogP contribution < -0.4 is 0 Å². The number of nitriles is 1. The summed E-state index contributed by atoms with van der Waals surface area (Å²) in [5, 5.41) is 9.44. The maximum Gasteiger partial charge on any atom is 0.0947 e. The first-order valence-corrected chi connectivity index (χ1v) is 4.79. The largest absolute Gasteiger partial charge is 0.193 e. The van der Waals surface area contributed by atoms with Crippen LogP contribution in [0.5, 0.6) is 0 Å². The average Bonchev–Trinajstić information content (AvgIpc) is 2.03. The molecule has 0 atom stereocenters. The Bertz CT molecular complexity index is 186. The average molecular weight is 214 g/mol. The van der Waals surface area contributed by atoms with Crippen LogP contribution in [-0.4, -0.2) is 5.33 Å². The Hall–Kier alpha value is -0.550. The van der Waals surface area contributed by atoms with E-state index in [1.54, 1.807) is 0 Å². The van der Waals surface area contributed by atoms with Gasteiger partial charge in [-0.05, 0) is 18.9 Å². The molecule has 0 aliphatic carbocycles. The Labute approximate surface area is 76.5 Å². The first-order chi connectivity index (χ1) is 5.35. The Morgan fingerprint density at radius 1 is 1.64 bits per heavy atom. The van der Waals surface area contributed by atoms with Crippen LogP contribution in [0.2, 0.25) is 0 Å². The van der Waals surface area contributed by atoms with Gasteiger partial charge in [-0.2, -0.15) is 5.26 Å². The van der Waals surface area contributed by atoms with E-state index in [1.165, 1.54) is 0 Å². The summed E-state index contributed by atoms with van der Waals surface area (Å²) in [6.07, 6.45) is 7.66. The van der Waals surface area contributed by atoms with Crippen molar-refractivity contribution in [2.75, 3.05) is 5.33 Å². The van der Waals surface area contributed by atoms with Gasteiger partial charge in [0, 0.05) is 10.9 Å². The lowest BCUT2D eigenvalue weighted by molar-refractivity contribution is 1.18. The molecule has 0 radical (unpaired) electrons. The topological polar surface area (TPSA) is 23.8 Å². The number of hydrogen-bond donors (Lipinski definition) is 0. The molecule has 11 heavy (non-hydrogen) atoms. The molecule has 1 nitrogen and oxygen atoms in total. The van der Waals surface area contributed by atoms with Crippen molar-refractivity contribution >= 4 is 15.9 Å². The predicted molar refractivity (Wildman–Crippen MR) is 51.5 cm³/mol. The van der Waals surface area contributed by atoms with Crippen molar-refractivity contribution in [2.24, 2.45) is 0 Å². The molecule has 0 unspecified atom stereocenters. The second-order valence-corrected chi connectivity index (χ2v) is 2.87. The van der Waals surface area contributed by atoms with Crippen LogP contribution >= 0.6 is 15.9 Å². The van der Waals surface area contributed by atoms with Gasteiger partial charge in [-0.15, -0.1) is 0 Å². The third-order valence-corrected chi connectivity index (χ3v) is 1.57. The summed E-state index contributed by atoms with van der Waals surface area (Å²) in [6, 6.07) is 2.14. The van der Waals surface area contributed by atoms with Gasteiger partial charge in [0.1, 0.15) is 0 Å². The Morgan fingerprint density at radius 2 is 2.36 bits per heavy atom. The highest BCUT2D eigenvalue weighted by atomic mass is 79.9. The lowest BCUT2D eigenvalue weighted by Crippen LogP contribution is -1.78. The summed E-state index contributed by atoms with van der Waals surface area (Å²) in [6.45, 7) is 2.07. The van der Waals surface area contributed by atoms with E-state index in [9.17, 15) is 0 Å². The maximum atomic E-state index is 8.58. The maximum absolute atomic E-state index is 8.58. The van der Waals surface area contributed by atoms with Crippen LogP contribution in [0.4, 0.5) is 0 Å². The summed E-state index contributed by atoms with van der Waals surface area (Å²) in [7, 11) is 0. The van der Waals surface area contributed by atoms with E-state index in [-0.39, 0.29) is 0 Å². The Kier molecular flexibility index (Phi) is 7.18. The number of halogens is 1. The van der Waals surface area contributed by atoms with Crippen LogP contribution in [0.15, 0.2) is 23.8 Å². The SMILES string of the molecule is CC/C=C\C=C(\C#N)CCBr. The second-order valence-electron chi connectivity index (χ2n) is 2.08. The molecule has 0 aromatic carbocycles. The van der Waals surface area contributed by atoms with Crippen molar-refractivity contribution in [3.63, 3.8) is 0 Å². The van der Waals surface area contributed by atoms with Gasteiger partial charge in [0.2, 0.25) is 0 Å². The zero-order valence-electron chi connectivity index (χ0n) is 6.68. The van der Waals surface area contributed by atoms with Gasteiger partial charge < -0.3 is 0 Å². The predicted octanol–water partition coefficient (Wildman–Crippen LogP) is 3.19. The monoisotopic (exact) mass is 213 g/mol. The Morgan fingerprint density at radius 3 is 2.82 bits per heavy atom. The molecule has 0 saturated heterocycles. The highest BCUT2D eigenvalue weighted by Gasteiger charge is 1.89. The van der Waals surface area contributed by atoms with Crippen molar-refractivity contribution < 1.29 is 0 Å². The molecule has 0 rings (SSSR count). The van der Waals surface area contributed by atoms with Crippen molar-refractivity contribution in [1.82, 2.24) is 0 Å². The van der Waals surface area contributed by atoms with Crippen molar-refractivity contribution in [3.8, 4) is 6.07 Å². The summed E-state index contributed by atoms with van der Waals surface area (Å²) >= 11 is 3.28. The van der Waals surface area contributed by atoms with E-state index in [2.05, 4.69) is 28.9 Å². The minimum Gasteiger partial charge on any atom is -0.193 e. The molecule has 0 saturated carbocycles. The van der Waals surface area contributed by atoms with E-state index in [0.717, 1.165) is 23.7 Å². The van der Waals surface area contributed by atoms with Gasteiger partial charge in [-0.25, -0.2) is 0 Å².